The van der Waals surface area contributed by atoms with E-state index in [-0.39, 0.29) is 17.9 Å². The Morgan fingerprint density at radius 2 is 1.87 bits per heavy atom. The second-order valence-corrected chi connectivity index (χ2v) is 5.13. The Balaban J connectivity index is 1.94. The van der Waals surface area contributed by atoms with Crippen LogP contribution in [-0.4, -0.2) is 17.5 Å². The van der Waals surface area contributed by atoms with Gasteiger partial charge in [0.25, 0.3) is 5.56 Å². The van der Waals surface area contributed by atoms with Crippen LogP contribution in [0.15, 0.2) is 59.5 Å². The van der Waals surface area contributed by atoms with Crippen molar-refractivity contribution in [3.05, 3.63) is 76.5 Å². The highest BCUT2D eigenvalue weighted by molar-refractivity contribution is 5.96. The van der Waals surface area contributed by atoms with Crippen molar-refractivity contribution in [2.24, 2.45) is 0 Å². The summed E-state index contributed by atoms with van der Waals surface area (Å²) in [5.41, 5.74) is 0.119. The van der Waals surface area contributed by atoms with Gasteiger partial charge in [-0.15, -0.1) is 0 Å². The summed E-state index contributed by atoms with van der Waals surface area (Å²) >= 11 is 0. The summed E-state index contributed by atoms with van der Waals surface area (Å²) in [4.78, 5) is 24.7. The number of methoxy groups -OCH3 is 1. The van der Waals surface area contributed by atoms with E-state index < -0.39 is 5.82 Å². The largest absolute Gasteiger partial charge is 0.497 e. The van der Waals surface area contributed by atoms with Gasteiger partial charge in [0.05, 0.1) is 13.7 Å². The lowest BCUT2D eigenvalue weighted by Crippen LogP contribution is -2.23. The van der Waals surface area contributed by atoms with Crippen LogP contribution in [0.25, 0.3) is 10.8 Å². The molecule has 3 aromatic rings. The number of pyridine rings is 1. The van der Waals surface area contributed by atoms with Crippen molar-refractivity contribution in [2.45, 2.75) is 6.54 Å². The SMILES string of the molecule is COc1ccc2c(=O)n(CC(=O)c3ccc(F)cc3)ccc2c1. The lowest BCUT2D eigenvalue weighted by molar-refractivity contribution is 0.0971. The van der Waals surface area contributed by atoms with Crippen molar-refractivity contribution in [3.8, 4) is 5.75 Å². The molecule has 4 nitrogen and oxygen atoms in total. The third-order valence-electron chi connectivity index (χ3n) is 3.66. The first-order chi connectivity index (χ1) is 11.1. The molecule has 0 radical (unpaired) electrons. The van der Waals surface area contributed by atoms with E-state index in [1.165, 1.54) is 28.8 Å². The molecular weight excluding hydrogens is 297 g/mol. The molecule has 0 atom stereocenters. The summed E-state index contributed by atoms with van der Waals surface area (Å²) in [6.07, 6.45) is 1.57. The van der Waals surface area contributed by atoms with Crippen molar-refractivity contribution >= 4 is 16.6 Å². The molecule has 23 heavy (non-hydrogen) atoms. The van der Waals surface area contributed by atoms with Crippen molar-refractivity contribution in [3.63, 3.8) is 0 Å². The predicted octanol–water partition coefficient (Wildman–Crippen LogP) is 3.03. The maximum Gasteiger partial charge on any atom is 0.258 e. The Bertz CT molecular complexity index is 929. The second-order valence-electron chi connectivity index (χ2n) is 5.13. The maximum atomic E-state index is 12.9. The van der Waals surface area contributed by atoms with Crippen molar-refractivity contribution < 1.29 is 13.9 Å². The van der Waals surface area contributed by atoms with E-state index in [0.717, 1.165) is 5.39 Å². The van der Waals surface area contributed by atoms with Crippen LogP contribution in [0.1, 0.15) is 10.4 Å². The van der Waals surface area contributed by atoms with Gasteiger partial charge in [0, 0.05) is 17.1 Å². The Kier molecular flexibility index (Phi) is 3.93. The summed E-state index contributed by atoms with van der Waals surface area (Å²) in [7, 11) is 1.56. The molecule has 1 heterocycles. The maximum absolute atomic E-state index is 12.9. The van der Waals surface area contributed by atoms with Crippen LogP contribution in [0, 0.1) is 5.82 Å². The minimum atomic E-state index is -0.404. The fourth-order valence-corrected chi connectivity index (χ4v) is 2.40. The van der Waals surface area contributed by atoms with Crippen LogP contribution in [0.3, 0.4) is 0 Å². The monoisotopic (exact) mass is 311 g/mol. The lowest BCUT2D eigenvalue weighted by atomic mass is 10.1. The first kappa shape index (κ1) is 15.0. The van der Waals surface area contributed by atoms with Gasteiger partial charge in [-0.2, -0.15) is 0 Å². The first-order valence-electron chi connectivity index (χ1n) is 7.04. The number of ether oxygens (including phenoxy) is 1. The summed E-state index contributed by atoms with van der Waals surface area (Å²) in [6.45, 7) is -0.0908. The van der Waals surface area contributed by atoms with Gasteiger partial charge in [0.1, 0.15) is 11.6 Å². The van der Waals surface area contributed by atoms with Crippen LogP contribution in [0.5, 0.6) is 5.75 Å². The molecule has 0 bridgehead atoms. The molecule has 0 N–H and O–H groups in total. The number of aromatic nitrogens is 1. The number of nitrogens with zero attached hydrogens (tertiary/aromatic N) is 1. The molecule has 0 saturated heterocycles. The molecule has 0 aliphatic heterocycles. The summed E-state index contributed by atoms with van der Waals surface area (Å²) in [6, 6.07) is 12.2. The van der Waals surface area contributed by atoms with Gasteiger partial charge in [0.15, 0.2) is 5.78 Å². The molecule has 0 aliphatic rings. The average molecular weight is 311 g/mol. The van der Waals surface area contributed by atoms with E-state index in [9.17, 15) is 14.0 Å². The van der Waals surface area contributed by atoms with Gasteiger partial charge in [-0.1, -0.05) is 0 Å². The van der Waals surface area contributed by atoms with Gasteiger partial charge < -0.3 is 9.30 Å². The van der Waals surface area contributed by atoms with Crippen LogP contribution in [0.4, 0.5) is 4.39 Å². The molecule has 0 amide bonds. The highest BCUT2D eigenvalue weighted by Crippen LogP contribution is 2.17. The van der Waals surface area contributed by atoms with Crippen molar-refractivity contribution in [2.75, 3.05) is 7.11 Å². The number of Topliss-reactive ketones (excluding diaryl/α,β-unsaturated/α-hetero) is 1. The van der Waals surface area contributed by atoms with E-state index in [4.69, 9.17) is 4.74 Å². The number of fused-ring (bicyclic) bond motifs is 1. The fraction of sp³-hybridized carbons (Fsp3) is 0.111. The van der Waals surface area contributed by atoms with Gasteiger partial charge in [0.2, 0.25) is 0 Å². The van der Waals surface area contributed by atoms with Crippen LogP contribution in [-0.2, 0) is 6.54 Å². The summed E-state index contributed by atoms with van der Waals surface area (Å²) < 4.78 is 19.4. The Morgan fingerprint density at radius 1 is 1.13 bits per heavy atom. The summed E-state index contributed by atoms with van der Waals surface area (Å²) in [5, 5.41) is 1.26. The third-order valence-corrected chi connectivity index (χ3v) is 3.66. The molecule has 1 aromatic heterocycles. The van der Waals surface area contributed by atoms with Crippen molar-refractivity contribution in [1.82, 2.24) is 4.57 Å². The van der Waals surface area contributed by atoms with Gasteiger partial charge in [-0.25, -0.2) is 4.39 Å². The zero-order valence-electron chi connectivity index (χ0n) is 12.5. The number of ketones is 1. The molecule has 0 fully saturated rings. The topological polar surface area (TPSA) is 48.3 Å². The number of rotatable bonds is 4. The highest BCUT2D eigenvalue weighted by atomic mass is 19.1. The Morgan fingerprint density at radius 3 is 2.57 bits per heavy atom. The zero-order chi connectivity index (χ0) is 16.4. The van der Waals surface area contributed by atoms with E-state index in [0.29, 0.717) is 16.7 Å². The Hall–Kier alpha value is -2.95. The number of carbonyl (C=O) groups excluding carboxylic acids is 1. The normalized spacial score (nSPS) is 10.7. The molecular formula is C18H14FNO3. The van der Waals surface area contributed by atoms with Gasteiger partial charge in [-0.05, 0) is 53.9 Å². The van der Waals surface area contributed by atoms with Crippen LogP contribution < -0.4 is 10.3 Å². The van der Waals surface area contributed by atoms with E-state index in [1.54, 1.807) is 37.6 Å². The number of hydrogen-bond acceptors (Lipinski definition) is 3. The van der Waals surface area contributed by atoms with Crippen LogP contribution in [0.2, 0.25) is 0 Å². The Labute approximate surface area is 131 Å². The number of hydrogen-bond donors (Lipinski definition) is 0. The lowest BCUT2D eigenvalue weighted by Gasteiger charge is -2.08. The highest BCUT2D eigenvalue weighted by Gasteiger charge is 2.10. The zero-order valence-corrected chi connectivity index (χ0v) is 12.5. The number of halogens is 1. The fourth-order valence-electron chi connectivity index (χ4n) is 2.40. The molecule has 0 saturated carbocycles. The number of benzene rings is 2. The third kappa shape index (κ3) is 2.99. The predicted molar refractivity (Wildman–Crippen MR) is 85.5 cm³/mol. The number of carbonyl (C=O) groups is 1. The molecule has 5 heteroatoms. The molecule has 2 aromatic carbocycles. The van der Waals surface area contributed by atoms with Gasteiger partial charge in [-0.3, -0.25) is 9.59 Å². The first-order valence-corrected chi connectivity index (χ1v) is 7.04. The minimum absolute atomic E-state index is 0.0908. The standard InChI is InChI=1S/C18H14FNO3/c1-23-15-6-7-16-13(10-15)8-9-20(18(16)22)11-17(21)12-2-4-14(19)5-3-12/h2-10H,11H2,1H3. The molecule has 0 aliphatic carbocycles. The van der Waals surface area contributed by atoms with Crippen LogP contribution >= 0.6 is 0 Å². The average Bonchev–Trinajstić information content (AvgIpc) is 2.57. The smallest absolute Gasteiger partial charge is 0.258 e. The summed E-state index contributed by atoms with van der Waals surface area (Å²) in [5.74, 6) is 0.00960. The van der Waals surface area contributed by atoms with E-state index in [2.05, 4.69) is 0 Å². The molecule has 0 spiro atoms. The van der Waals surface area contributed by atoms with E-state index in [1.807, 2.05) is 0 Å². The second kappa shape index (κ2) is 6.04. The molecule has 3 rings (SSSR count). The van der Waals surface area contributed by atoms with E-state index >= 15 is 0 Å². The molecule has 116 valence electrons. The van der Waals surface area contributed by atoms with Gasteiger partial charge >= 0.3 is 0 Å². The minimum Gasteiger partial charge on any atom is -0.497 e. The van der Waals surface area contributed by atoms with Crippen molar-refractivity contribution in [1.29, 1.82) is 0 Å². The molecule has 0 unspecified atom stereocenters. The quantitative estimate of drug-likeness (QED) is 0.696.